The smallest absolute Gasteiger partial charge is 0.243 e. The third-order valence-corrected chi connectivity index (χ3v) is 4.49. The predicted molar refractivity (Wildman–Crippen MR) is 88.8 cm³/mol. The van der Waals surface area contributed by atoms with Crippen LogP contribution in [-0.4, -0.2) is 15.8 Å². The lowest BCUT2D eigenvalue weighted by molar-refractivity contribution is -0.121. The Kier molecular flexibility index (Phi) is 3.79. The van der Waals surface area contributed by atoms with E-state index in [0.717, 1.165) is 12.1 Å². The molecule has 1 aliphatic heterocycles. The molecule has 1 aliphatic rings. The highest BCUT2D eigenvalue weighted by Crippen LogP contribution is 2.46. The number of alkyl halides is 1. The topological polar surface area (TPSA) is 20.3 Å². The highest BCUT2D eigenvalue weighted by atomic mass is 79.9. The first-order chi connectivity index (χ1) is 9.05. The SMILES string of the molecule is Cc1cccc2c1N(C(=O)C(C)(C)Br)C(C)(C)C[C@@H]2C. The van der Waals surface area contributed by atoms with Crippen LogP contribution in [0, 0.1) is 6.92 Å². The first-order valence-electron chi connectivity index (χ1n) is 7.19. The zero-order valence-corrected chi connectivity index (χ0v) is 14.8. The highest BCUT2D eigenvalue weighted by Gasteiger charge is 2.44. The van der Waals surface area contributed by atoms with Gasteiger partial charge >= 0.3 is 0 Å². The van der Waals surface area contributed by atoms with Gasteiger partial charge < -0.3 is 4.90 Å². The van der Waals surface area contributed by atoms with Crippen LogP contribution < -0.4 is 4.90 Å². The quantitative estimate of drug-likeness (QED) is 0.675. The monoisotopic (exact) mass is 337 g/mol. The summed E-state index contributed by atoms with van der Waals surface area (Å²) in [5.41, 5.74) is 3.40. The van der Waals surface area contributed by atoms with Gasteiger partial charge in [-0.25, -0.2) is 0 Å². The molecule has 1 atom stereocenters. The molecule has 0 N–H and O–H groups in total. The summed E-state index contributed by atoms with van der Waals surface area (Å²) in [6.07, 6.45) is 0.984. The van der Waals surface area contributed by atoms with Crippen LogP contribution in [0.15, 0.2) is 18.2 Å². The Morgan fingerprint density at radius 1 is 1.40 bits per heavy atom. The summed E-state index contributed by atoms with van der Waals surface area (Å²) >= 11 is 3.53. The van der Waals surface area contributed by atoms with E-state index in [1.165, 1.54) is 11.1 Å². The molecule has 1 amide bonds. The van der Waals surface area contributed by atoms with E-state index in [-0.39, 0.29) is 11.4 Å². The molecule has 0 fully saturated rings. The van der Waals surface area contributed by atoms with E-state index in [9.17, 15) is 4.79 Å². The Morgan fingerprint density at radius 2 is 2.00 bits per heavy atom. The zero-order chi connectivity index (χ0) is 15.3. The van der Waals surface area contributed by atoms with Crippen molar-refractivity contribution in [1.82, 2.24) is 0 Å². The van der Waals surface area contributed by atoms with Gasteiger partial charge in [-0.3, -0.25) is 4.79 Å². The molecule has 2 rings (SSSR count). The second kappa shape index (κ2) is 4.87. The van der Waals surface area contributed by atoms with Gasteiger partial charge in [0, 0.05) is 5.54 Å². The van der Waals surface area contributed by atoms with E-state index in [2.05, 4.69) is 61.8 Å². The molecule has 0 aromatic heterocycles. The van der Waals surface area contributed by atoms with Gasteiger partial charge in [-0.2, -0.15) is 0 Å². The van der Waals surface area contributed by atoms with Crippen LogP contribution in [0.2, 0.25) is 0 Å². The van der Waals surface area contributed by atoms with Gasteiger partial charge in [0.05, 0.1) is 10.0 Å². The summed E-state index contributed by atoms with van der Waals surface area (Å²) in [6.45, 7) is 12.5. The Hall–Kier alpha value is -0.830. The zero-order valence-electron chi connectivity index (χ0n) is 13.2. The van der Waals surface area contributed by atoms with Crippen molar-refractivity contribution in [3.05, 3.63) is 29.3 Å². The third-order valence-electron chi connectivity index (χ3n) is 4.15. The molecule has 0 radical (unpaired) electrons. The van der Waals surface area contributed by atoms with Gasteiger partial charge in [0.15, 0.2) is 0 Å². The maximum Gasteiger partial charge on any atom is 0.243 e. The summed E-state index contributed by atoms with van der Waals surface area (Å²) in [6, 6.07) is 6.34. The number of rotatable bonds is 1. The first-order valence-corrected chi connectivity index (χ1v) is 7.98. The number of benzene rings is 1. The van der Waals surface area contributed by atoms with Crippen molar-refractivity contribution in [2.45, 2.75) is 63.7 Å². The molecule has 110 valence electrons. The number of hydrogen-bond acceptors (Lipinski definition) is 1. The third kappa shape index (κ3) is 2.52. The summed E-state index contributed by atoms with van der Waals surface area (Å²) in [5.74, 6) is 0.604. The summed E-state index contributed by atoms with van der Waals surface area (Å²) in [7, 11) is 0. The number of fused-ring (bicyclic) bond motifs is 1. The summed E-state index contributed by atoms with van der Waals surface area (Å²) in [5, 5.41) is 0. The second-order valence-corrected chi connectivity index (χ2v) is 9.03. The Morgan fingerprint density at radius 3 is 2.55 bits per heavy atom. The summed E-state index contributed by atoms with van der Waals surface area (Å²) in [4.78, 5) is 14.9. The largest absolute Gasteiger partial charge is 0.305 e. The number of aryl methyl sites for hydroxylation is 1. The van der Waals surface area contributed by atoms with Crippen LogP contribution in [0.1, 0.15) is 58.1 Å². The van der Waals surface area contributed by atoms with Gasteiger partial charge in [-0.05, 0) is 58.1 Å². The van der Waals surface area contributed by atoms with E-state index in [4.69, 9.17) is 0 Å². The minimum atomic E-state index is -0.551. The lowest BCUT2D eigenvalue weighted by Gasteiger charge is -2.48. The molecule has 0 spiro atoms. The Bertz CT molecular complexity index is 542. The molecule has 1 aromatic rings. The standard InChI is InChI=1S/C17H24BrNO/c1-11-8-7-9-13-12(2)10-16(3,4)19(14(11)13)15(20)17(5,6)18/h7-9,12H,10H2,1-6H3/t12-/m0/s1. The normalized spacial score (nSPS) is 21.6. The van der Waals surface area contributed by atoms with Crippen molar-refractivity contribution in [2.24, 2.45) is 0 Å². The molecule has 1 heterocycles. The van der Waals surface area contributed by atoms with Crippen molar-refractivity contribution in [3.63, 3.8) is 0 Å². The van der Waals surface area contributed by atoms with E-state index in [1.54, 1.807) is 0 Å². The number of carbonyl (C=O) groups is 1. The number of para-hydroxylation sites is 1. The van der Waals surface area contributed by atoms with Gasteiger partial charge in [-0.15, -0.1) is 0 Å². The number of carbonyl (C=O) groups excluding carboxylic acids is 1. The molecule has 0 saturated carbocycles. The minimum absolute atomic E-state index is 0.130. The molecule has 2 nitrogen and oxygen atoms in total. The highest BCUT2D eigenvalue weighted by molar-refractivity contribution is 9.10. The van der Waals surface area contributed by atoms with Crippen LogP contribution in [0.4, 0.5) is 5.69 Å². The average Bonchev–Trinajstić information content (AvgIpc) is 2.27. The first kappa shape index (κ1) is 15.6. The lowest BCUT2D eigenvalue weighted by Crippen LogP contribution is -2.56. The summed E-state index contributed by atoms with van der Waals surface area (Å²) < 4.78 is -0.551. The van der Waals surface area contributed by atoms with Crippen LogP contribution in [0.25, 0.3) is 0 Å². The van der Waals surface area contributed by atoms with E-state index in [0.29, 0.717) is 5.92 Å². The van der Waals surface area contributed by atoms with Crippen LogP contribution in [0.5, 0.6) is 0 Å². The fourth-order valence-electron chi connectivity index (χ4n) is 3.28. The minimum Gasteiger partial charge on any atom is -0.305 e. The average molecular weight is 338 g/mol. The number of amides is 1. The van der Waals surface area contributed by atoms with Crippen molar-refractivity contribution in [2.75, 3.05) is 4.90 Å². The second-order valence-electron chi connectivity index (χ2n) is 7.04. The maximum absolute atomic E-state index is 12.9. The Balaban J connectivity index is 2.66. The van der Waals surface area contributed by atoms with Crippen molar-refractivity contribution in [1.29, 1.82) is 0 Å². The molecule has 20 heavy (non-hydrogen) atoms. The number of halogens is 1. The van der Waals surface area contributed by atoms with Gasteiger partial charge in [-0.1, -0.05) is 41.1 Å². The molecule has 0 unspecified atom stereocenters. The molecule has 3 heteroatoms. The van der Waals surface area contributed by atoms with Crippen molar-refractivity contribution < 1.29 is 4.79 Å². The van der Waals surface area contributed by atoms with Crippen LogP contribution >= 0.6 is 15.9 Å². The van der Waals surface area contributed by atoms with Crippen molar-refractivity contribution >= 4 is 27.5 Å². The number of anilines is 1. The fourth-order valence-corrected chi connectivity index (χ4v) is 3.46. The fraction of sp³-hybridized carbons (Fsp3) is 0.588. The lowest BCUT2D eigenvalue weighted by atomic mass is 9.78. The molecule has 0 bridgehead atoms. The molecule has 0 saturated heterocycles. The molecule has 1 aromatic carbocycles. The van der Waals surface area contributed by atoms with Crippen LogP contribution in [-0.2, 0) is 4.79 Å². The van der Waals surface area contributed by atoms with Crippen LogP contribution in [0.3, 0.4) is 0 Å². The molecule has 0 aliphatic carbocycles. The van der Waals surface area contributed by atoms with E-state index < -0.39 is 4.32 Å². The predicted octanol–water partition coefficient (Wildman–Crippen LogP) is 4.79. The number of nitrogens with zero attached hydrogens (tertiary/aromatic N) is 1. The maximum atomic E-state index is 12.9. The Labute approximate surface area is 130 Å². The van der Waals surface area contributed by atoms with Crippen molar-refractivity contribution in [3.8, 4) is 0 Å². The van der Waals surface area contributed by atoms with E-state index in [1.807, 2.05) is 18.7 Å². The molecular weight excluding hydrogens is 314 g/mol. The van der Waals surface area contributed by atoms with Gasteiger partial charge in [0.2, 0.25) is 5.91 Å². The number of hydrogen-bond donors (Lipinski definition) is 0. The van der Waals surface area contributed by atoms with Gasteiger partial charge in [0.1, 0.15) is 0 Å². The van der Waals surface area contributed by atoms with E-state index >= 15 is 0 Å². The molecular formula is C17H24BrNO. The van der Waals surface area contributed by atoms with Gasteiger partial charge in [0.25, 0.3) is 0 Å².